The number of rotatable bonds is 2. The Morgan fingerprint density at radius 2 is 1.71 bits per heavy atom. The summed E-state index contributed by atoms with van der Waals surface area (Å²) in [6.45, 7) is 4.12. The van der Waals surface area contributed by atoms with Crippen molar-refractivity contribution in [2.75, 3.05) is 26.2 Å². The predicted molar refractivity (Wildman–Crippen MR) is 85.5 cm³/mol. The second kappa shape index (κ2) is 6.37. The van der Waals surface area contributed by atoms with E-state index in [2.05, 4.69) is 5.32 Å². The highest BCUT2D eigenvalue weighted by Gasteiger charge is 2.36. The molecule has 2 aliphatic heterocycles. The van der Waals surface area contributed by atoms with Gasteiger partial charge in [-0.05, 0) is 61.9 Å². The van der Waals surface area contributed by atoms with Crippen LogP contribution >= 0.6 is 11.6 Å². The van der Waals surface area contributed by atoms with Crippen molar-refractivity contribution in [3.8, 4) is 0 Å². The van der Waals surface area contributed by atoms with Crippen LogP contribution in [0.2, 0.25) is 5.02 Å². The van der Waals surface area contributed by atoms with E-state index in [-0.39, 0.29) is 5.91 Å². The molecule has 0 aromatic heterocycles. The van der Waals surface area contributed by atoms with E-state index in [4.69, 9.17) is 11.6 Å². The molecule has 3 nitrogen and oxygen atoms in total. The summed E-state index contributed by atoms with van der Waals surface area (Å²) >= 11 is 5.88. The third-order valence-corrected chi connectivity index (χ3v) is 5.36. The number of carbonyl (C=O) groups excluding carboxylic acids is 1. The number of amides is 1. The van der Waals surface area contributed by atoms with Crippen LogP contribution in [-0.2, 0) is 11.2 Å². The number of carbonyl (C=O) groups is 1. The summed E-state index contributed by atoms with van der Waals surface area (Å²) < 4.78 is 0. The normalized spacial score (nSPS) is 21.5. The average molecular weight is 307 g/mol. The van der Waals surface area contributed by atoms with Crippen LogP contribution < -0.4 is 5.32 Å². The van der Waals surface area contributed by atoms with Crippen LogP contribution in [0.5, 0.6) is 0 Å². The van der Waals surface area contributed by atoms with Gasteiger partial charge >= 0.3 is 0 Å². The lowest BCUT2D eigenvalue weighted by Gasteiger charge is -2.44. The Morgan fingerprint density at radius 3 is 2.33 bits per heavy atom. The fraction of sp³-hybridized carbons (Fsp3) is 0.588. The fourth-order valence-corrected chi connectivity index (χ4v) is 3.70. The summed E-state index contributed by atoms with van der Waals surface area (Å²) in [6.07, 6.45) is 5.37. The minimum absolute atomic E-state index is 0.251. The van der Waals surface area contributed by atoms with Gasteiger partial charge in [0.2, 0.25) is 5.91 Å². The second-order valence-electron chi connectivity index (χ2n) is 6.43. The molecule has 0 bridgehead atoms. The van der Waals surface area contributed by atoms with E-state index >= 15 is 0 Å². The van der Waals surface area contributed by atoms with E-state index < -0.39 is 0 Å². The molecule has 0 aliphatic carbocycles. The van der Waals surface area contributed by atoms with Gasteiger partial charge in [0.1, 0.15) is 0 Å². The quantitative estimate of drug-likeness (QED) is 0.911. The van der Waals surface area contributed by atoms with E-state index in [0.717, 1.165) is 36.8 Å². The van der Waals surface area contributed by atoms with E-state index in [1.807, 2.05) is 29.2 Å². The highest BCUT2D eigenvalue weighted by molar-refractivity contribution is 6.30. The lowest BCUT2D eigenvalue weighted by atomic mass is 9.71. The number of nitrogens with one attached hydrogen (secondary N) is 1. The van der Waals surface area contributed by atoms with Gasteiger partial charge in [-0.2, -0.15) is 0 Å². The second-order valence-corrected chi connectivity index (χ2v) is 6.87. The first-order valence-corrected chi connectivity index (χ1v) is 8.28. The van der Waals surface area contributed by atoms with Gasteiger partial charge in [-0.1, -0.05) is 23.7 Å². The van der Waals surface area contributed by atoms with Crippen LogP contribution in [0.15, 0.2) is 24.3 Å². The first-order chi connectivity index (χ1) is 10.2. The van der Waals surface area contributed by atoms with Crippen molar-refractivity contribution in [2.45, 2.75) is 32.1 Å². The molecule has 4 heteroatoms. The molecule has 2 fully saturated rings. The first-order valence-electron chi connectivity index (χ1n) is 7.90. The Labute approximate surface area is 131 Å². The molecule has 1 N–H and O–H groups in total. The highest BCUT2D eigenvalue weighted by Crippen LogP contribution is 2.39. The third kappa shape index (κ3) is 3.58. The van der Waals surface area contributed by atoms with Crippen molar-refractivity contribution < 1.29 is 4.79 Å². The number of piperidine rings is 2. The molecule has 1 aromatic rings. The van der Waals surface area contributed by atoms with Crippen LogP contribution in [0, 0.1) is 5.41 Å². The minimum atomic E-state index is 0.251. The van der Waals surface area contributed by atoms with Crippen molar-refractivity contribution in [2.24, 2.45) is 5.41 Å². The van der Waals surface area contributed by atoms with Crippen molar-refractivity contribution in [1.82, 2.24) is 10.2 Å². The molecule has 2 saturated heterocycles. The molecular formula is C17H23ClN2O. The van der Waals surface area contributed by atoms with Gasteiger partial charge in [-0.3, -0.25) is 4.79 Å². The number of likely N-dealkylation sites (tertiary alicyclic amines) is 1. The lowest BCUT2D eigenvalue weighted by Crippen LogP contribution is -2.47. The molecule has 2 heterocycles. The predicted octanol–water partition coefficient (Wildman–Crippen LogP) is 2.87. The Morgan fingerprint density at radius 1 is 1.10 bits per heavy atom. The van der Waals surface area contributed by atoms with Gasteiger partial charge < -0.3 is 10.2 Å². The van der Waals surface area contributed by atoms with Gasteiger partial charge in [0, 0.05) is 18.1 Å². The Kier molecular flexibility index (Phi) is 4.51. The zero-order valence-corrected chi connectivity index (χ0v) is 13.2. The molecule has 1 spiro atoms. The van der Waals surface area contributed by atoms with Crippen molar-refractivity contribution in [3.05, 3.63) is 34.9 Å². The van der Waals surface area contributed by atoms with Gasteiger partial charge in [0.15, 0.2) is 0 Å². The molecule has 0 radical (unpaired) electrons. The topological polar surface area (TPSA) is 32.3 Å². The highest BCUT2D eigenvalue weighted by atomic mass is 35.5. The van der Waals surface area contributed by atoms with Crippen LogP contribution in [0.4, 0.5) is 0 Å². The molecule has 3 rings (SSSR count). The smallest absolute Gasteiger partial charge is 0.226 e. The summed E-state index contributed by atoms with van der Waals surface area (Å²) in [4.78, 5) is 14.4. The van der Waals surface area contributed by atoms with Crippen LogP contribution in [0.3, 0.4) is 0 Å². The van der Waals surface area contributed by atoms with Gasteiger partial charge in [-0.25, -0.2) is 0 Å². The molecule has 114 valence electrons. The van der Waals surface area contributed by atoms with Gasteiger partial charge in [-0.15, -0.1) is 0 Å². The van der Waals surface area contributed by atoms with Crippen molar-refractivity contribution in [3.63, 3.8) is 0 Å². The van der Waals surface area contributed by atoms with E-state index in [1.165, 1.54) is 25.7 Å². The number of benzene rings is 1. The largest absolute Gasteiger partial charge is 0.342 e. The molecule has 1 aromatic carbocycles. The summed E-state index contributed by atoms with van der Waals surface area (Å²) in [5.41, 5.74) is 1.55. The summed E-state index contributed by atoms with van der Waals surface area (Å²) in [6, 6.07) is 7.59. The standard InChI is InChI=1S/C17H23ClN2O/c18-15-3-1-14(2-4-15)13-16(21)20-11-7-17(8-12-20)5-9-19-10-6-17/h1-4,19H,5-13H2. The van der Waals surface area contributed by atoms with E-state index in [0.29, 0.717) is 11.8 Å². The van der Waals surface area contributed by atoms with Crippen LogP contribution in [0.25, 0.3) is 0 Å². The van der Waals surface area contributed by atoms with Crippen LogP contribution in [0.1, 0.15) is 31.2 Å². The summed E-state index contributed by atoms with van der Waals surface area (Å²) in [5, 5.41) is 4.16. The molecule has 0 saturated carbocycles. The zero-order chi connectivity index (χ0) is 14.7. The number of nitrogens with zero attached hydrogens (tertiary/aromatic N) is 1. The monoisotopic (exact) mass is 306 g/mol. The molecule has 2 aliphatic rings. The van der Waals surface area contributed by atoms with Crippen LogP contribution in [-0.4, -0.2) is 37.0 Å². The molecule has 1 amide bonds. The minimum Gasteiger partial charge on any atom is -0.342 e. The van der Waals surface area contributed by atoms with E-state index in [1.54, 1.807) is 0 Å². The molecule has 0 atom stereocenters. The van der Waals surface area contributed by atoms with E-state index in [9.17, 15) is 4.79 Å². The Hall–Kier alpha value is -1.06. The lowest BCUT2D eigenvalue weighted by molar-refractivity contribution is -0.133. The third-order valence-electron chi connectivity index (χ3n) is 5.11. The zero-order valence-electron chi connectivity index (χ0n) is 12.4. The maximum absolute atomic E-state index is 12.4. The Bertz CT molecular complexity index is 484. The summed E-state index contributed by atoms with van der Waals surface area (Å²) in [5.74, 6) is 0.251. The maximum Gasteiger partial charge on any atom is 0.226 e. The van der Waals surface area contributed by atoms with Crippen molar-refractivity contribution >= 4 is 17.5 Å². The maximum atomic E-state index is 12.4. The summed E-state index contributed by atoms with van der Waals surface area (Å²) in [7, 11) is 0. The number of hydrogen-bond acceptors (Lipinski definition) is 2. The molecule has 21 heavy (non-hydrogen) atoms. The average Bonchev–Trinajstić information content (AvgIpc) is 2.51. The van der Waals surface area contributed by atoms with Crippen molar-refractivity contribution in [1.29, 1.82) is 0 Å². The fourth-order valence-electron chi connectivity index (χ4n) is 3.58. The SMILES string of the molecule is O=C(Cc1ccc(Cl)cc1)N1CCC2(CCNCC2)CC1. The first kappa shape index (κ1) is 14.9. The van der Waals surface area contributed by atoms with Gasteiger partial charge in [0.05, 0.1) is 6.42 Å². The van der Waals surface area contributed by atoms with Gasteiger partial charge in [0.25, 0.3) is 0 Å². The Balaban J connectivity index is 1.54. The molecule has 0 unspecified atom stereocenters. The molecular weight excluding hydrogens is 284 g/mol. The number of hydrogen-bond donors (Lipinski definition) is 1. The number of halogens is 1.